The number of sulfone groups is 1. The van der Waals surface area contributed by atoms with Crippen molar-refractivity contribution in [3.63, 3.8) is 0 Å². The van der Waals surface area contributed by atoms with E-state index in [-0.39, 0.29) is 22.1 Å². The summed E-state index contributed by atoms with van der Waals surface area (Å²) < 4.78 is 65.6. The van der Waals surface area contributed by atoms with Crippen LogP contribution in [0.1, 0.15) is 31.0 Å². The number of nitrogens with two attached hydrogens (primary N) is 1. The summed E-state index contributed by atoms with van der Waals surface area (Å²) in [5.41, 5.74) is 6.68. The van der Waals surface area contributed by atoms with Crippen molar-refractivity contribution in [3.8, 4) is 16.9 Å². The normalized spacial score (nSPS) is 12.5. The van der Waals surface area contributed by atoms with Crippen LogP contribution in [-0.2, 0) is 16.0 Å². The maximum Gasteiger partial charge on any atom is 0.435 e. The van der Waals surface area contributed by atoms with Crippen LogP contribution in [0.15, 0.2) is 53.4 Å². The third-order valence-corrected chi connectivity index (χ3v) is 5.65. The first-order valence-corrected chi connectivity index (χ1v) is 10.6. The molecule has 9 heteroatoms. The Morgan fingerprint density at radius 2 is 1.72 bits per heavy atom. The van der Waals surface area contributed by atoms with Gasteiger partial charge in [0.05, 0.1) is 16.3 Å². The van der Waals surface area contributed by atoms with Gasteiger partial charge in [-0.1, -0.05) is 38.1 Å². The number of rotatable bonds is 4. The van der Waals surface area contributed by atoms with Crippen LogP contribution in [-0.4, -0.2) is 24.5 Å². The van der Waals surface area contributed by atoms with Gasteiger partial charge in [-0.05, 0) is 35.7 Å². The lowest BCUT2D eigenvalue weighted by Gasteiger charge is -2.14. The van der Waals surface area contributed by atoms with Crippen molar-refractivity contribution in [1.29, 1.82) is 0 Å². The molecule has 3 rings (SSSR count). The number of nitrogens with zero attached hydrogens (tertiary/aromatic N) is 2. The summed E-state index contributed by atoms with van der Waals surface area (Å²) in [6, 6.07) is 11.6. The highest BCUT2D eigenvalue weighted by molar-refractivity contribution is 7.90. The van der Waals surface area contributed by atoms with Gasteiger partial charge in [-0.15, -0.1) is 0 Å². The van der Waals surface area contributed by atoms with Crippen molar-refractivity contribution >= 4 is 15.5 Å². The molecule has 0 radical (unpaired) electrons. The number of hydrogen-bond donors (Lipinski definition) is 1. The predicted molar refractivity (Wildman–Crippen MR) is 106 cm³/mol. The standard InChI is InChI=1S/C20H20F3N3O2S/c1-12(2)14-9-8-13(10-16(14)24)26-17(11-19(25-26)20(21,22)23)15-6-4-5-7-18(15)29(3,27)28/h4-12H,24H2,1-3H3. The quantitative estimate of drug-likeness (QED) is 0.619. The first kappa shape index (κ1) is 20.9. The molecule has 29 heavy (non-hydrogen) atoms. The van der Waals surface area contributed by atoms with Crippen LogP contribution in [0.25, 0.3) is 16.9 Å². The number of anilines is 1. The molecule has 1 heterocycles. The summed E-state index contributed by atoms with van der Waals surface area (Å²) >= 11 is 0. The van der Waals surface area contributed by atoms with Gasteiger partial charge in [0.25, 0.3) is 0 Å². The summed E-state index contributed by atoms with van der Waals surface area (Å²) in [5, 5.41) is 3.71. The van der Waals surface area contributed by atoms with E-state index in [1.165, 1.54) is 24.3 Å². The van der Waals surface area contributed by atoms with E-state index in [9.17, 15) is 21.6 Å². The van der Waals surface area contributed by atoms with Gasteiger partial charge in [0.1, 0.15) is 0 Å². The molecule has 0 amide bonds. The minimum atomic E-state index is -4.69. The van der Waals surface area contributed by atoms with Crippen LogP contribution in [0.5, 0.6) is 0 Å². The summed E-state index contributed by atoms with van der Waals surface area (Å²) in [7, 11) is -3.68. The molecule has 2 aromatic carbocycles. The van der Waals surface area contributed by atoms with Crippen LogP contribution in [0, 0.1) is 0 Å². The number of nitrogen functional groups attached to an aromatic ring is 1. The zero-order valence-corrected chi connectivity index (χ0v) is 16.8. The topological polar surface area (TPSA) is 78.0 Å². The van der Waals surface area contributed by atoms with E-state index >= 15 is 0 Å². The Bertz CT molecular complexity index is 1170. The van der Waals surface area contributed by atoms with Gasteiger partial charge in [0, 0.05) is 17.5 Å². The van der Waals surface area contributed by atoms with E-state index < -0.39 is 21.7 Å². The highest BCUT2D eigenvalue weighted by Gasteiger charge is 2.36. The van der Waals surface area contributed by atoms with Crippen LogP contribution in [0.2, 0.25) is 0 Å². The highest BCUT2D eigenvalue weighted by Crippen LogP contribution is 2.36. The van der Waals surface area contributed by atoms with E-state index in [0.29, 0.717) is 11.4 Å². The van der Waals surface area contributed by atoms with E-state index in [0.717, 1.165) is 22.6 Å². The number of alkyl halides is 3. The predicted octanol–water partition coefficient (Wildman–Crippen LogP) is 4.67. The van der Waals surface area contributed by atoms with Gasteiger partial charge < -0.3 is 5.73 Å². The minimum Gasteiger partial charge on any atom is -0.398 e. The molecule has 0 unspecified atom stereocenters. The summed E-state index contributed by atoms with van der Waals surface area (Å²) in [5.74, 6) is 0.137. The molecule has 3 aromatic rings. The van der Waals surface area contributed by atoms with Crippen molar-refractivity contribution in [2.75, 3.05) is 12.0 Å². The second-order valence-electron chi connectivity index (χ2n) is 7.06. The smallest absolute Gasteiger partial charge is 0.398 e. The molecule has 2 N–H and O–H groups in total. The SMILES string of the molecule is CC(C)c1ccc(-n2nc(C(F)(F)F)cc2-c2ccccc2S(C)(=O)=O)cc1N. The number of aromatic nitrogens is 2. The Hall–Kier alpha value is -2.81. The van der Waals surface area contributed by atoms with Gasteiger partial charge in [0.2, 0.25) is 0 Å². The van der Waals surface area contributed by atoms with E-state index in [2.05, 4.69) is 5.10 Å². The lowest BCUT2D eigenvalue weighted by molar-refractivity contribution is -0.141. The fourth-order valence-corrected chi connectivity index (χ4v) is 4.03. The minimum absolute atomic E-state index is 0.00930. The monoisotopic (exact) mass is 423 g/mol. The molecule has 0 saturated carbocycles. The Balaban J connectivity index is 2.30. The average Bonchev–Trinajstić information content (AvgIpc) is 3.06. The molecule has 5 nitrogen and oxygen atoms in total. The molecule has 0 fully saturated rings. The molecule has 0 saturated heterocycles. The van der Waals surface area contributed by atoms with Crippen molar-refractivity contribution in [3.05, 3.63) is 59.8 Å². The van der Waals surface area contributed by atoms with Crippen LogP contribution in [0.4, 0.5) is 18.9 Å². The number of hydrogen-bond acceptors (Lipinski definition) is 4. The maximum absolute atomic E-state index is 13.4. The third kappa shape index (κ3) is 4.14. The lowest BCUT2D eigenvalue weighted by Crippen LogP contribution is -2.08. The van der Waals surface area contributed by atoms with Crippen LogP contribution >= 0.6 is 0 Å². The Kier molecular flexibility index (Phi) is 5.20. The van der Waals surface area contributed by atoms with Gasteiger partial charge >= 0.3 is 6.18 Å². The summed E-state index contributed by atoms with van der Waals surface area (Å²) in [6.45, 7) is 3.91. The zero-order valence-electron chi connectivity index (χ0n) is 16.0. The molecule has 0 aliphatic heterocycles. The molecular formula is C20H20F3N3O2S. The van der Waals surface area contributed by atoms with Gasteiger partial charge in [-0.3, -0.25) is 0 Å². The fourth-order valence-electron chi connectivity index (χ4n) is 3.13. The molecular weight excluding hydrogens is 403 g/mol. The highest BCUT2D eigenvalue weighted by atomic mass is 32.2. The summed E-state index contributed by atoms with van der Waals surface area (Å²) in [4.78, 5) is -0.0818. The third-order valence-electron chi connectivity index (χ3n) is 4.50. The average molecular weight is 423 g/mol. The fraction of sp³-hybridized carbons (Fsp3) is 0.250. The molecule has 154 valence electrons. The maximum atomic E-state index is 13.4. The first-order chi connectivity index (χ1) is 13.4. The van der Waals surface area contributed by atoms with Crippen molar-refractivity contribution in [2.45, 2.75) is 30.8 Å². The Morgan fingerprint density at radius 1 is 1.07 bits per heavy atom. The summed E-state index contributed by atoms with van der Waals surface area (Å²) in [6.07, 6.45) is -3.68. The molecule has 1 aromatic heterocycles. The van der Waals surface area contributed by atoms with Crippen LogP contribution in [0.3, 0.4) is 0 Å². The molecule has 0 bridgehead atoms. The van der Waals surface area contributed by atoms with E-state index in [4.69, 9.17) is 5.73 Å². The first-order valence-electron chi connectivity index (χ1n) is 8.76. The number of benzene rings is 2. The Morgan fingerprint density at radius 3 is 2.28 bits per heavy atom. The molecule has 0 spiro atoms. The van der Waals surface area contributed by atoms with Crippen LogP contribution < -0.4 is 5.73 Å². The van der Waals surface area contributed by atoms with Crippen molar-refractivity contribution in [2.24, 2.45) is 0 Å². The van der Waals surface area contributed by atoms with Gasteiger partial charge in [-0.25, -0.2) is 13.1 Å². The zero-order chi connectivity index (χ0) is 21.6. The van der Waals surface area contributed by atoms with E-state index in [1.54, 1.807) is 18.2 Å². The second-order valence-corrected chi connectivity index (χ2v) is 9.04. The van der Waals surface area contributed by atoms with E-state index in [1.807, 2.05) is 13.8 Å². The van der Waals surface area contributed by atoms with Gasteiger partial charge in [-0.2, -0.15) is 18.3 Å². The second kappa shape index (κ2) is 7.22. The molecule has 0 aliphatic carbocycles. The van der Waals surface area contributed by atoms with Gasteiger partial charge in [0.15, 0.2) is 15.5 Å². The largest absolute Gasteiger partial charge is 0.435 e. The van der Waals surface area contributed by atoms with Crippen molar-refractivity contribution < 1.29 is 21.6 Å². The Labute approximate surface area is 166 Å². The van der Waals surface area contributed by atoms with Crippen molar-refractivity contribution in [1.82, 2.24) is 9.78 Å². The molecule has 0 aliphatic rings. The number of halogens is 3. The molecule has 0 atom stereocenters. The lowest BCUT2D eigenvalue weighted by atomic mass is 10.0.